The van der Waals surface area contributed by atoms with Crippen molar-refractivity contribution in [3.63, 3.8) is 0 Å². The monoisotopic (exact) mass is 290 g/mol. The maximum absolute atomic E-state index is 11.2. The van der Waals surface area contributed by atoms with Crippen LogP contribution in [0, 0.1) is 0 Å². The molecule has 2 fully saturated rings. The second kappa shape index (κ2) is 5.65. The summed E-state index contributed by atoms with van der Waals surface area (Å²) in [5.41, 5.74) is 0. The first-order valence-electron chi connectivity index (χ1n) is 6.21. The van der Waals surface area contributed by atoms with Gasteiger partial charge < -0.3 is 23.7 Å². The van der Waals surface area contributed by atoms with Crippen LogP contribution in [-0.4, -0.2) is 56.2 Å². The standard InChI is InChI=1S/C12H18O8/c1-6(13)17-8-5-16-11-10(9(8)18-7(2)14)19-12(3,15-4)20-11/h8-11H,5H2,1-4H3/t8-,9+,10-,11-,12+/m1/s1. The summed E-state index contributed by atoms with van der Waals surface area (Å²) < 4.78 is 31.9. The summed E-state index contributed by atoms with van der Waals surface area (Å²) in [6.07, 6.45) is -3.05. The van der Waals surface area contributed by atoms with Gasteiger partial charge >= 0.3 is 11.9 Å². The molecule has 0 saturated carbocycles. The molecule has 0 unspecified atom stereocenters. The van der Waals surface area contributed by atoms with E-state index in [4.69, 9.17) is 28.4 Å². The molecule has 0 amide bonds. The highest BCUT2D eigenvalue weighted by atomic mass is 16.9. The minimum absolute atomic E-state index is 0.0435. The third-order valence-corrected chi connectivity index (χ3v) is 3.05. The van der Waals surface area contributed by atoms with Gasteiger partial charge in [0.05, 0.1) is 6.61 Å². The van der Waals surface area contributed by atoms with Gasteiger partial charge in [-0.15, -0.1) is 0 Å². The van der Waals surface area contributed by atoms with Crippen molar-refractivity contribution < 1.29 is 38.0 Å². The number of ether oxygens (including phenoxy) is 6. The lowest BCUT2D eigenvalue weighted by Crippen LogP contribution is -2.54. The van der Waals surface area contributed by atoms with E-state index in [2.05, 4.69) is 0 Å². The van der Waals surface area contributed by atoms with E-state index in [1.807, 2.05) is 0 Å². The van der Waals surface area contributed by atoms with Crippen LogP contribution in [0.1, 0.15) is 20.8 Å². The van der Waals surface area contributed by atoms with Gasteiger partial charge in [-0.1, -0.05) is 0 Å². The maximum atomic E-state index is 11.2. The Balaban J connectivity index is 2.16. The van der Waals surface area contributed by atoms with Gasteiger partial charge in [0.1, 0.15) is 0 Å². The Kier molecular flexibility index (Phi) is 4.28. The molecule has 0 aromatic heterocycles. The molecule has 5 atom stereocenters. The van der Waals surface area contributed by atoms with Crippen LogP contribution >= 0.6 is 0 Å². The Hall–Kier alpha value is -1.22. The van der Waals surface area contributed by atoms with E-state index >= 15 is 0 Å². The Labute approximate surface area is 116 Å². The molecule has 0 N–H and O–H groups in total. The average Bonchev–Trinajstić information content (AvgIpc) is 2.69. The Morgan fingerprint density at radius 1 is 1.15 bits per heavy atom. The van der Waals surface area contributed by atoms with E-state index in [1.165, 1.54) is 21.0 Å². The molecule has 0 aliphatic carbocycles. The van der Waals surface area contributed by atoms with Crippen molar-refractivity contribution in [2.45, 2.75) is 51.3 Å². The summed E-state index contributed by atoms with van der Waals surface area (Å²) in [6.45, 7) is 4.14. The normalized spacial score (nSPS) is 40.0. The van der Waals surface area contributed by atoms with Gasteiger partial charge in [-0.3, -0.25) is 14.3 Å². The predicted octanol–water partition coefficient (Wildman–Crippen LogP) is -0.0584. The molecule has 2 aliphatic heterocycles. The van der Waals surface area contributed by atoms with Gasteiger partial charge in [0.2, 0.25) is 0 Å². The molecule has 8 nitrogen and oxygen atoms in total. The molecule has 0 bridgehead atoms. The van der Waals surface area contributed by atoms with E-state index in [1.54, 1.807) is 6.92 Å². The van der Waals surface area contributed by atoms with E-state index in [-0.39, 0.29) is 6.61 Å². The summed E-state index contributed by atoms with van der Waals surface area (Å²) in [5, 5.41) is 0. The number of hydrogen-bond donors (Lipinski definition) is 0. The summed E-state index contributed by atoms with van der Waals surface area (Å²) >= 11 is 0. The van der Waals surface area contributed by atoms with Crippen molar-refractivity contribution >= 4 is 11.9 Å². The zero-order valence-electron chi connectivity index (χ0n) is 11.8. The smallest absolute Gasteiger partial charge is 0.303 e. The molecule has 2 saturated heterocycles. The van der Waals surface area contributed by atoms with Crippen molar-refractivity contribution in [3.8, 4) is 0 Å². The van der Waals surface area contributed by atoms with Crippen molar-refractivity contribution in [3.05, 3.63) is 0 Å². The van der Waals surface area contributed by atoms with Gasteiger partial charge in [0.25, 0.3) is 5.97 Å². The zero-order chi connectivity index (χ0) is 14.9. The highest BCUT2D eigenvalue weighted by molar-refractivity contribution is 5.67. The maximum Gasteiger partial charge on any atom is 0.303 e. The second-order valence-electron chi connectivity index (χ2n) is 4.69. The van der Waals surface area contributed by atoms with Crippen LogP contribution in [-0.2, 0) is 38.0 Å². The lowest BCUT2D eigenvalue weighted by Gasteiger charge is -2.35. The molecule has 2 aliphatic rings. The summed E-state index contributed by atoms with van der Waals surface area (Å²) in [7, 11) is 1.42. The number of hydrogen-bond acceptors (Lipinski definition) is 8. The largest absolute Gasteiger partial charge is 0.456 e. The first-order chi connectivity index (χ1) is 9.34. The Morgan fingerprint density at radius 3 is 2.35 bits per heavy atom. The summed E-state index contributed by atoms with van der Waals surface area (Å²) in [4.78, 5) is 22.3. The van der Waals surface area contributed by atoms with Crippen molar-refractivity contribution in [2.24, 2.45) is 0 Å². The van der Waals surface area contributed by atoms with Crippen LogP contribution in [0.25, 0.3) is 0 Å². The number of rotatable bonds is 3. The van der Waals surface area contributed by atoms with E-state index in [0.717, 1.165) is 0 Å². The molecule has 2 heterocycles. The first-order valence-corrected chi connectivity index (χ1v) is 6.21. The third-order valence-electron chi connectivity index (χ3n) is 3.05. The van der Waals surface area contributed by atoms with Crippen LogP contribution < -0.4 is 0 Å². The molecule has 114 valence electrons. The minimum atomic E-state index is -1.29. The van der Waals surface area contributed by atoms with Gasteiger partial charge in [0, 0.05) is 27.9 Å². The molecule has 0 spiro atoms. The lowest BCUT2D eigenvalue weighted by atomic mass is 10.1. The summed E-state index contributed by atoms with van der Waals surface area (Å²) in [6, 6.07) is 0. The number of carbonyl (C=O) groups is 2. The minimum Gasteiger partial charge on any atom is -0.456 e. The average molecular weight is 290 g/mol. The highest BCUT2D eigenvalue weighted by Gasteiger charge is 2.56. The molecule has 8 heteroatoms. The van der Waals surface area contributed by atoms with Gasteiger partial charge in [-0.05, 0) is 0 Å². The van der Waals surface area contributed by atoms with Crippen molar-refractivity contribution in [2.75, 3.05) is 13.7 Å². The molecule has 0 aromatic rings. The summed E-state index contributed by atoms with van der Waals surface area (Å²) in [5.74, 6) is -2.30. The fraction of sp³-hybridized carbons (Fsp3) is 0.833. The van der Waals surface area contributed by atoms with E-state index < -0.39 is 42.5 Å². The van der Waals surface area contributed by atoms with Crippen LogP contribution in [0.5, 0.6) is 0 Å². The molecule has 0 aromatic carbocycles. The quantitative estimate of drug-likeness (QED) is 0.668. The second-order valence-corrected chi connectivity index (χ2v) is 4.69. The number of carbonyl (C=O) groups excluding carboxylic acids is 2. The van der Waals surface area contributed by atoms with E-state index in [0.29, 0.717) is 0 Å². The molecular formula is C12H18O8. The predicted molar refractivity (Wildman–Crippen MR) is 62.2 cm³/mol. The molecule has 20 heavy (non-hydrogen) atoms. The lowest BCUT2D eigenvalue weighted by molar-refractivity contribution is -0.331. The highest BCUT2D eigenvalue weighted by Crippen LogP contribution is 2.36. The fourth-order valence-corrected chi connectivity index (χ4v) is 2.20. The van der Waals surface area contributed by atoms with E-state index in [9.17, 15) is 9.59 Å². The molecular weight excluding hydrogens is 272 g/mol. The molecule has 2 rings (SSSR count). The fourth-order valence-electron chi connectivity index (χ4n) is 2.20. The van der Waals surface area contributed by atoms with Crippen LogP contribution in [0.15, 0.2) is 0 Å². The van der Waals surface area contributed by atoms with Gasteiger partial charge in [-0.25, -0.2) is 0 Å². The SMILES string of the molecule is CO[C@]1(C)O[C@H]2OC[C@@H](OC(C)=O)[C@H](OC(C)=O)[C@H]2O1. The Morgan fingerprint density at radius 2 is 1.80 bits per heavy atom. The third kappa shape index (κ3) is 3.09. The number of esters is 2. The Bertz CT molecular complexity index is 397. The van der Waals surface area contributed by atoms with Gasteiger partial charge in [0.15, 0.2) is 24.6 Å². The van der Waals surface area contributed by atoms with Crippen molar-refractivity contribution in [1.82, 2.24) is 0 Å². The van der Waals surface area contributed by atoms with Crippen molar-refractivity contribution in [1.29, 1.82) is 0 Å². The van der Waals surface area contributed by atoms with Crippen LogP contribution in [0.4, 0.5) is 0 Å². The molecule has 0 radical (unpaired) electrons. The first kappa shape index (κ1) is 15.2. The van der Waals surface area contributed by atoms with Crippen LogP contribution in [0.2, 0.25) is 0 Å². The van der Waals surface area contributed by atoms with Crippen LogP contribution in [0.3, 0.4) is 0 Å². The topological polar surface area (TPSA) is 89.5 Å². The number of methoxy groups -OCH3 is 1. The zero-order valence-corrected chi connectivity index (χ0v) is 11.8. The number of fused-ring (bicyclic) bond motifs is 1. The van der Waals surface area contributed by atoms with Gasteiger partial charge in [-0.2, -0.15) is 0 Å².